The van der Waals surface area contributed by atoms with Gasteiger partial charge in [-0.25, -0.2) is 0 Å². The van der Waals surface area contributed by atoms with Crippen molar-refractivity contribution in [2.45, 2.75) is 51.5 Å². The molecule has 30 heavy (non-hydrogen) atoms. The molecule has 3 aromatic carbocycles. The van der Waals surface area contributed by atoms with E-state index < -0.39 is 0 Å². The maximum Gasteiger partial charge on any atom is 0.0410 e. The summed E-state index contributed by atoms with van der Waals surface area (Å²) in [6, 6.07) is 28.8. The van der Waals surface area contributed by atoms with Crippen LogP contribution in [0.4, 0.5) is 5.69 Å². The van der Waals surface area contributed by atoms with Crippen LogP contribution in [0.3, 0.4) is 0 Å². The zero-order valence-corrected chi connectivity index (χ0v) is 19.1. The van der Waals surface area contributed by atoms with Gasteiger partial charge in [-0.2, -0.15) is 0 Å². The van der Waals surface area contributed by atoms with Crippen molar-refractivity contribution in [3.63, 3.8) is 0 Å². The Labute approximate surface area is 186 Å². The third kappa shape index (κ3) is 4.14. The number of nitrogens with zero attached hydrogens (tertiary/aromatic N) is 1. The molecule has 0 aromatic heterocycles. The van der Waals surface area contributed by atoms with Crippen LogP contribution in [0.1, 0.15) is 43.9 Å². The molecule has 0 spiro atoms. The highest BCUT2D eigenvalue weighted by Gasteiger charge is 2.48. The normalized spacial score (nSPS) is 17.4. The van der Waals surface area contributed by atoms with E-state index in [4.69, 9.17) is 11.6 Å². The van der Waals surface area contributed by atoms with Gasteiger partial charge in [-0.05, 0) is 67.0 Å². The fourth-order valence-electron chi connectivity index (χ4n) is 5.07. The Morgan fingerprint density at radius 2 is 1.43 bits per heavy atom. The minimum Gasteiger partial charge on any atom is -0.368 e. The molecule has 1 heterocycles. The van der Waals surface area contributed by atoms with E-state index in [1.165, 1.54) is 28.8 Å². The lowest BCUT2D eigenvalue weighted by Crippen LogP contribution is -2.46. The van der Waals surface area contributed by atoms with E-state index in [0.717, 1.165) is 24.4 Å². The second kappa shape index (κ2) is 8.86. The van der Waals surface area contributed by atoms with E-state index in [-0.39, 0.29) is 5.41 Å². The Bertz CT molecular complexity index is 923. The molecule has 1 unspecified atom stereocenters. The number of hydrogen-bond acceptors (Lipinski definition) is 1. The van der Waals surface area contributed by atoms with Gasteiger partial charge in [0.15, 0.2) is 0 Å². The van der Waals surface area contributed by atoms with Crippen molar-refractivity contribution in [2.75, 3.05) is 11.4 Å². The van der Waals surface area contributed by atoms with Crippen LogP contribution in [0.15, 0.2) is 78.9 Å². The van der Waals surface area contributed by atoms with Gasteiger partial charge in [0.25, 0.3) is 0 Å². The lowest BCUT2D eigenvalue weighted by atomic mass is 9.68. The summed E-state index contributed by atoms with van der Waals surface area (Å²) in [4.78, 5) is 2.64. The summed E-state index contributed by atoms with van der Waals surface area (Å²) in [6.45, 7) is 8.12. The minimum atomic E-state index is -0.0140. The van der Waals surface area contributed by atoms with E-state index in [1.807, 2.05) is 0 Å². The van der Waals surface area contributed by atoms with Gasteiger partial charge in [-0.15, -0.1) is 0 Å². The number of fused-ring (bicyclic) bond motifs is 1. The molecule has 0 N–H and O–H groups in total. The molecule has 0 saturated heterocycles. The van der Waals surface area contributed by atoms with Crippen LogP contribution in [0, 0.1) is 5.92 Å². The molecule has 1 atom stereocenters. The molecule has 0 bridgehead atoms. The summed E-state index contributed by atoms with van der Waals surface area (Å²) >= 11 is 6.56. The van der Waals surface area contributed by atoms with Crippen molar-refractivity contribution in [1.29, 1.82) is 0 Å². The molecule has 0 fully saturated rings. The van der Waals surface area contributed by atoms with Crippen LogP contribution in [-0.2, 0) is 18.3 Å². The van der Waals surface area contributed by atoms with Crippen molar-refractivity contribution in [2.24, 2.45) is 5.92 Å². The van der Waals surface area contributed by atoms with Crippen molar-refractivity contribution in [3.8, 4) is 0 Å². The van der Waals surface area contributed by atoms with Gasteiger partial charge in [-0.3, -0.25) is 0 Å². The molecule has 1 nitrogen and oxygen atoms in total. The fraction of sp³-hybridized carbons (Fsp3) is 0.357. The average Bonchev–Trinajstić information content (AvgIpc) is 2.95. The first kappa shape index (κ1) is 21.0. The summed E-state index contributed by atoms with van der Waals surface area (Å²) in [5, 5.41) is 0.831. The minimum absolute atomic E-state index is 0.0140. The van der Waals surface area contributed by atoms with Gasteiger partial charge in [0, 0.05) is 28.7 Å². The molecule has 0 amide bonds. The van der Waals surface area contributed by atoms with Crippen LogP contribution in [0.25, 0.3) is 0 Å². The number of hydrogen-bond donors (Lipinski definition) is 0. The smallest absolute Gasteiger partial charge is 0.0410 e. The topological polar surface area (TPSA) is 3.24 Å². The molecule has 3 aromatic rings. The SMILES string of the molecule is CC(C)CCN1c2ccc(Cl)cc2C(Cc2ccccc2)(Cc2ccccc2)C1C. The van der Waals surface area contributed by atoms with Gasteiger partial charge in [0.05, 0.1) is 0 Å². The van der Waals surface area contributed by atoms with E-state index >= 15 is 0 Å². The number of rotatable bonds is 7. The molecule has 156 valence electrons. The standard InChI is InChI=1S/C28H32ClN/c1-21(2)16-17-30-22(3)28(19-23-10-6-4-7-11-23,20-24-12-8-5-9-13-24)26-18-25(29)14-15-27(26)30/h4-15,18,21-22H,16-17,19-20H2,1-3H3. The second-order valence-electron chi connectivity index (χ2n) is 9.19. The number of benzene rings is 3. The Balaban J connectivity index is 1.83. The van der Waals surface area contributed by atoms with Crippen LogP contribution in [0.5, 0.6) is 0 Å². The van der Waals surface area contributed by atoms with E-state index in [1.54, 1.807) is 0 Å². The van der Waals surface area contributed by atoms with Gasteiger partial charge >= 0.3 is 0 Å². The summed E-state index contributed by atoms with van der Waals surface area (Å²) < 4.78 is 0. The molecule has 4 rings (SSSR count). The fourth-order valence-corrected chi connectivity index (χ4v) is 5.24. The van der Waals surface area contributed by atoms with Crippen LogP contribution in [-0.4, -0.2) is 12.6 Å². The molecule has 1 aliphatic rings. The Kier molecular flexibility index (Phi) is 6.20. The van der Waals surface area contributed by atoms with Gasteiger partial charge in [-0.1, -0.05) is 86.1 Å². The Morgan fingerprint density at radius 3 is 1.97 bits per heavy atom. The van der Waals surface area contributed by atoms with Crippen molar-refractivity contribution in [1.82, 2.24) is 0 Å². The van der Waals surface area contributed by atoms with Crippen LogP contribution < -0.4 is 4.90 Å². The molecular weight excluding hydrogens is 386 g/mol. The zero-order chi connectivity index (χ0) is 21.1. The molecule has 0 saturated carbocycles. The summed E-state index contributed by atoms with van der Waals surface area (Å²) in [5.41, 5.74) is 5.52. The largest absolute Gasteiger partial charge is 0.368 e. The molecule has 1 aliphatic heterocycles. The Morgan fingerprint density at radius 1 is 0.867 bits per heavy atom. The van der Waals surface area contributed by atoms with Gasteiger partial charge < -0.3 is 4.90 Å². The lowest BCUT2D eigenvalue weighted by molar-refractivity contribution is 0.358. The zero-order valence-electron chi connectivity index (χ0n) is 18.3. The first-order valence-corrected chi connectivity index (χ1v) is 11.5. The summed E-state index contributed by atoms with van der Waals surface area (Å²) in [5.74, 6) is 0.686. The van der Waals surface area contributed by atoms with Crippen LogP contribution in [0.2, 0.25) is 5.02 Å². The highest BCUT2D eigenvalue weighted by atomic mass is 35.5. The summed E-state index contributed by atoms with van der Waals surface area (Å²) in [7, 11) is 0. The predicted molar refractivity (Wildman–Crippen MR) is 130 cm³/mol. The quantitative estimate of drug-likeness (QED) is 0.389. The average molecular weight is 418 g/mol. The Hall–Kier alpha value is -2.25. The first-order valence-electron chi connectivity index (χ1n) is 11.1. The lowest BCUT2D eigenvalue weighted by Gasteiger charge is -2.38. The van der Waals surface area contributed by atoms with Crippen LogP contribution >= 0.6 is 11.6 Å². The van der Waals surface area contributed by atoms with E-state index in [9.17, 15) is 0 Å². The maximum absolute atomic E-state index is 6.56. The monoisotopic (exact) mass is 417 g/mol. The van der Waals surface area contributed by atoms with Gasteiger partial charge in [0.1, 0.15) is 0 Å². The van der Waals surface area contributed by atoms with E-state index in [0.29, 0.717) is 12.0 Å². The van der Waals surface area contributed by atoms with Crippen molar-refractivity contribution < 1.29 is 0 Å². The third-order valence-electron chi connectivity index (χ3n) is 6.74. The first-order chi connectivity index (χ1) is 14.5. The maximum atomic E-state index is 6.56. The predicted octanol–water partition coefficient (Wildman–Crippen LogP) is 7.32. The molecular formula is C28H32ClN. The second-order valence-corrected chi connectivity index (χ2v) is 9.63. The van der Waals surface area contributed by atoms with Crippen molar-refractivity contribution in [3.05, 3.63) is 101 Å². The van der Waals surface area contributed by atoms with Crippen molar-refractivity contribution >= 4 is 17.3 Å². The highest BCUT2D eigenvalue weighted by molar-refractivity contribution is 6.30. The molecule has 0 aliphatic carbocycles. The molecule has 2 heteroatoms. The number of halogens is 1. The third-order valence-corrected chi connectivity index (χ3v) is 6.98. The van der Waals surface area contributed by atoms with E-state index in [2.05, 4.69) is 105 Å². The highest BCUT2D eigenvalue weighted by Crippen LogP contribution is 2.50. The summed E-state index contributed by atoms with van der Waals surface area (Å²) in [6.07, 6.45) is 3.21. The molecule has 0 radical (unpaired) electrons. The number of anilines is 1. The van der Waals surface area contributed by atoms with Gasteiger partial charge in [0.2, 0.25) is 0 Å².